The molecule has 0 spiro atoms. The molecule has 0 fully saturated rings. The molecule has 0 aliphatic carbocycles. The largest absolute Gasteiger partial charge is 0.385 e. The predicted molar refractivity (Wildman–Crippen MR) is 95.7 cm³/mol. The topological polar surface area (TPSA) is 84.5 Å². The molecule has 26 heavy (non-hydrogen) atoms. The summed E-state index contributed by atoms with van der Waals surface area (Å²) >= 11 is 0. The second kappa shape index (κ2) is 9.42. The molecule has 0 aliphatic heterocycles. The number of carbonyl (C=O) groups is 1. The minimum Gasteiger partial charge on any atom is -0.385 e. The Hall–Kier alpha value is -2.29. The molecular weight excluding hydrogens is 359 g/mol. The van der Waals surface area contributed by atoms with E-state index in [0.717, 1.165) is 0 Å². The maximum atomic E-state index is 13.6. The van der Waals surface area contributed by atoms with Crippen LogP contribution in [0.2, 0.25) is 0 Å². The van der Waals surface area contributed by atoms with Crippen molar-refractivity contribution in [3.63, 3.8) is 0 Å². The highest BCUT2D eigenvalue weighted by molar-refractivity contribution is 7.89. The van der Waals surface area contributed by atoms with Gasteiger partial charge in [-0.2, -0.15) is 0 Å². The van der Waals surface area contributed by atoms with Crippen molar-refractivity contribution in [1.29, 1.82) is 0 Å². The molecule has 140 valence electrons. The monoisotopic (exact) mass is 380 g/mol. The van der Waals surface area contributed by atoms with Crippen molar-refractivity contribution in [2.24, 2.45) is 0 Å². The van der Waals surface area contributed by atoms with E-state index in [-0.39, 0.29) is 22.9 Å². The Morgan fingerprint density at radius 3 is 2.46 bits per heavy atom. The maximum absolute atomic E-state index is 13.6. The minimum absolute atomic E-state index is 0.00442. The van der Waals surface area contributed by atoms with Crippen LogP contribution in [0.3, 0.4) is 0 Å². The van der Waals surface area contributed by atoms with E-state index in [9.17, 15) is 17.6 Å². The number of carbonyl (C=O) groups excluding carboxylic acids is 1. The van der Waals surface area contributed by atoms with Gasteiger partial charge >= 0.3 is 0 Å². The van der Waals surface area contributed by atoms with Crippen LogP contribution in [0, 0.1) is 5.82 Å². The van der Waals surface area contributed by atoms with Crippen molar-refractivity contribution in [3.8, 4) is 0 Å². The van der Waals surface area contributed by atoms with Crippen LogP contribution in [0.5, 0.6) is 0 Å². The summed E-state index contributed by atoms with van der Waals surface area (Å²) in [5.41, 5.74) is 0.610. The molecule has 8 heteroatoms. The van der Waals surface area contributed by atoms with Gasteiger partial charge in [0.05, 0.1) is 4.90 Å². The molecule has 2 N–H and O–H groups in total. The van der Waals surface area contributed by atoms with E-state index in [2.05, 4.69) is 10.0 Å². The highest BCUT2D eigenvalue weighted by Gasteiger charge is 2.15. The second-order valence-electron chi connectivity index (χ2n) is 5.54. The fourth-order valence-corrected chi connectivity index (χ4v) is 3.21. The first kappa shape index (κ1) is 20.0. The Balaban J connectivity index is 1.97. The minimum atomic E-state index is -3.81. The average molecular weight is 380 g/mol. The molecule has 1 amide bonds. The zero-order chi connectivity index (χ0) is 19.0. The zero-order valence-electron chi connectivity index (χ0n) is 14.4. The van der Waals surface area contributed by atoms with Crippen molar-refractivity contribution in [3.05, 3.63) is 65.5 Å². The number of sulfonamides is 1. The lowest BCUT2D eigenvalue weighted by molar-refractivity contribution is 0.0948. The normalized spacial score (nSPS) is 11.3. The Bertz CT molecular complexity index is 839. The summed E-state index contributed by atoms with van der Waals surface area (Å²) in [5, 5.41) is 2.72. The first-order chi connectivity index (χ1) is 12.4. The first-order valence-electron chi connectivity index (χ1n) is 8.04. The van der Waals surface area contributed by atoms with Crippen LogP contribution in [-0.2, 0) is 21.3 Å². The zero-order valence-corrected chi connectivity index (χ0v) is 15.2. The van der Waals surface area contributed by atoms with Gasteiger partial charge < -0.3 is 10.1 Å². The smallest absolute Gasteiger partial charge is 0.251 e. The molecule has 0 radical (unpaired) electrons. The van der Waals surface area contributed by atoms with Crippen molar-refractivity contribution < 1.29 is 22.3 Å². The molecular formula is C18H21FN2O4S. The molecule has 0 saturated carbocycles. The molecule has 6 nitrogen and oxygen atoms in total. The lowest BCUT2D eigenvalue weighted by Gasteiger charge is -2.09. The molecule has 0 heterocycles. The molecule has 0 saturated heterocycles. The van der Waals surface area contributed by atoms with Crippen LogP contribution >= 0.6 is 0 Å². The number of rotatable bonds is 9. The first-order valence-corrected chi connectivity index (χ1v) is 9.52. The van der Waals surface area contributed by atoms with E-state index in [1.54, 1.807) is 13.2 Å². The van der Waals surface area contributed by atoms with Crippen LogP contribution in [0.15, 0.2) is 53.4 Å². The van der Waals surface area contributed by atoms with Crippen LogP contribution in [0.4, 0.5) is 4.39 Å². The highest BCUT2D eigenvalue weighted by Crippen LogP contribution is 2.12. The lowest BCUT2D eigenvalue weighted by atomic mass is 10.2. The van der Waals surface area contributed by atoms with Crippen LogP contribution in [-0.4, -0.2) is 34.6 Å². The van der Waals surface area contributed by atoms with Gasteiger partial charge in [-0.15, -0.1) is 0 Å². The highest BCUT2D eigenvalue weighted by atomic mass is 32.2. The third-order valence-electron chi connectivity index (χ3n) is 3.65. The summed E-state index contributed by atoms with van der Waals surface area (Å²) in [5.74, 6) is -0.764. The number of benzene rings is 2. The number of hydrogen-bond acceptors (Lipinski definition) is 4. The number of hydrogen-bond donors (Lipinski definition) is 2. The van der Waals surface area contributed by atoms with Gasteiger partial charge in [-0.25, -0.2) is 17.5 Å². The third-order valence-corrected chi connectivity index (χ3v) is 5.07. The predicted octanol–water partition coefficient (Wildman–Crippen LogP) is 2.07. The fraction of sp³-hybridized carbons (Fsp3) is 0.278. The quantitative estimate of drug-likeness (QED) is 0.653. The van der Waals surface area contributed by atoms with Gasteiger partial charge in [-0.1, -0.05) is 18.2 Å². The summed E-state index contributed by atoms with van der Waals surface area (Å²) in [6.45, 7) is 0.860. The second-order valence-corrected chi connectivity index (χ2v) is 7.31. The average Bonchev–Trinajstić information content (AvgIpc) is 2.64. The number of ether oxygens (including phenoxy) is 1. The van der Waals surface area contributed by atoms with Gasteiger partial charge in [-0.3, -0.25) is 4.79 Å². The van der Waals surface area contributed by atoms with Gasteiger partial charge in [0, 0.05) is 37.9 Å². The van der Waals surface area contributed by atoms with Crippen LogP contribution < -0.4 is 10.0 Å². The molecule has 0 bridgehead atoms. The Labute approximate surface area is 152 Å². The van der Waals surface area contributed by atoms with Gasteiger partial charge in [0.1, 0.15) is 5.82 Å². The Morgan fingerprint density at radius 2 is 1.81 bits per heavy atom. The summed E-state index contributed by atoms with van der Waals surface area (Å²) in [6.07, 6.45) is 0.689. The van der Waals surface area contributed by atoms with Crippen molar-refractivity contribution in [2.75, 3.05) is 20.3 Å². The van der Waals surface area contributed by atoms with E-state index >= 15 is 0 Å². The van der Waals surface area contributed by atoms with E-state index in [1.165, 1.54) is 42.5 Å². The van der Waals surface area contributed by atoms with E-state index in [4.69, 9.17) is 4.74 Å². The fourth-order valence-electron chi connectivity index (χ4n) is 2.20. The third kappa shape index (κ3) is 5.62. The molecule has 0 aromatic heterocycles. The molecule has 2 rings (SSSR count). The Morgan fingerprint density at radius 1 is 1.12 bits per heavy atom. The molecule has 0 aliphatic rings. The standard InChI is InChI=1S/C18H21FN2O4S/c1-25-12-4-11-20-18(22)14-7-9-16(10-8-14)26(23,24)21-13-15-5-2-3-6-17(15)19/h2-3,5-10,21H,4,11-13H2,1H3,(H,20,22). The van der Waals surface area contributed by atoms with E-state index in [1.807, 2.05) is 0 Å². The number of halogens is 1. The van der Waals surface area contributed by atoms with Gasteiger partial charge in [0.2, 0.25) is 10.0 Å². The van der Waals surface area contributed by atoms with E-state index < -0.39 is 15.8 Å². The Kier molecular flexibility index (Phi) is 7.26. The molecule has 2 aromatic carbocycles. The van der Waals surface area contributed by atoms with Gasteiger partial charge in [-0.05, 0) is 36.8 Å². The van der Waals surface area contributed by atoms with Crippen molar-refractivity contribution in [2.45, 2.75) is 17.9 Å². The van der Waals surface area contributed by atoms with Gasteiger partial charge in [0.25, 0.3) is 5.91 Å². The SMILES string of the molecule is COCCCNC(=O)c1ccc(S(=O)(=O)NCc2ccccc2F)cc1. The van der Waals surface area contributed by atoms with Crippen LogP contribution in [0.25, 0.3) is 0 Å². The number of amides is 1. The number of methoxy groups -OCH3 is 1. The van der Waals surface area contributed by atoms with E-state index in [0.29, 0.717) is 25.1 Å². The van der Waals surface area contributed by atoms with Crippen LogP contribution in [0.1, 0.15) is 22.3 Å². The van der Waals surface area contributed by atoms with Gasteiger partial charge in [0.15, 0.2) is 0 Å². The van der Waals surface area contributed by atoms with Crippen molar-refractivity contribution in [1.82, 2.24) is 10.0 Å². The molecule has 0 atom stereocenters. The summed E-state index contributed by atoms with van der Waals surface area (Å²) in [6, 6.07) is 11.5. The maximum Gasteiger partial charge on any atom is 0.251 e. The summed E-state index contributed by atoms with van der Waals surface area (Å²) in [7, 11) is -2.22. The number of nitrogens with one attached hydrogen (secondary N) is 2. The summed E-state index contributed by atoms with van der Waals surface area (Å²) < 4.78 is 45.4. The summed E-state index contributed by atoms with van der Waals surface area (Å²) in [4.78, 5) is 12.0. The molecule has 2 aromatic rings. The molecule has 0 unspecified atom stereocenters. The van der Waals surface area contributed by atoms with Crippen molar-refractivity contribution >= 4 is 15.9 Å². The lowest BCUT2D eigenvalue weighted by Crippen LogP contribution is -2.26.